The number of furan rings is 1. The minimum absolute atomic E-state index is 0.0536. The van der Waals surface area contributed by atoms with E-state index in [-0.39, 0.29) is 11.7 Å². The summed E-state index contributed by atoms with van der Waals surface area (Å²) in [5.74, 6) is -1.03. The minimum atomic E-state index is -0.917. The van der Waals surface area contributed by atoms with Crippen LogP contribution in [0.25, 0.3) is 11.3 Å². The lowest BCUT2D eigenvalue weighted by molar-refractivity contribution is -0.384. The molecule has 1 aromatic heterocycles. The van der Waals surface area contributed by atoms with E-state index in [2.05, 4.69) is 15.8 Å². The van der Waals surface area contributed by atoms with Crippen molar-refractivity contribution >= 4 is 23.7 Å². The summed E-state index contributed by atoms with van der Waals surface area (Å²) in [4.78, 5) is 34.3. The maximum absolute atomic E-state index is 12.0. The molecule has 0 unspecified atom stereocenters. The lowest BCUT2D eigenvalue weighted by Crippen LogP contribution is -2.39. The Morgan fingerprint density at radius 2 is 1.83 bits per heavy atom. The molecule has 152 valence electrons. The highest BCUT2D eigenvalue weighted by Crippen LogP contribution is 2.25. The van der Waals surface area contributed by atoms with Gasteiger partial charge in [-0.3, -0.25) is 19.7 Å². The number of hydrogen-bond donors (Lipinski definition) is 2. The van der Waals surface area contributed by atoms with E-state index < -0.39 is 16.7 Å². The molecule has 0 bridgehead atoms. The number of nitrogens with one attached hydrogen (secondary N) is 2. The van der Waals surface area contributed by atoms with Gasteiger partial charge >= 0.3 is 11.8 Å². The zero-order valence-electron chi connectivity index (χ0n) is 15.9. The Kier molecular flexibility index (Phi) is 6.33. The van der Waals surface area contributed by atoms with Gasteiger partial charge < -0.3 is 9.73 Å². The summed E-state index contributed by atoms with van der Waals surface area (Å²) in [6, 6.07) is 18.1. The van der Waals surface area contributed by atoms with Crippen molar-refractivity contribution in [3.8, 4) is 11.3 Å². The van der Waals surface area contributed by atoms with Gasteiger partial charge in [-0.2, -0.15) is 5.10 Å². The standard InChI is InChI=1S/C21H18N4O5/c1-14(15-6-3-2-4-7-15)23-20(26)21(27)24-22-13-18-10-11-19(30-18)16-8-5-9-17(12-16)25(28)29/h2-14H,1H3,(H,23,26)(H,24,27)/b22-13+/t14-/m1/s1. The number of benzene rings is 2. The highest BCUT2D eigenvalue weighted by atomic mass is 16.6. The maximum Gasteiger partial charge on any atom is 0.329 e. The van der Waals surface area contributed by atoms with Crippen LogP contribution >= 0.6 is 0 Å². The normalized spacial score (nSPS) is 11.8. The van der Waals surface area contributed by atoms with Gasteiger partial charge in [0.05, 0.1) is 17.2 Å². The van der Waals surface area contributed by atoms with Gasteiger partial charge in [0.15, 0.2) is 0 Å². The maximum atomic E-state index is 12.0. The molecule has 3 aromatic rings. The largest absolute Gasteiger partial charge is 0.455 e. The monoisotopic (exact) mass is 406 g/mol. The predicted molar refractivity (Wildman–Crippen MR) is 110 cm³/mol. The van der Waals surface area contributed by atoms with E-state index in [0.29, 0.717) is 17.1 Å². The van der Waals surface area contributed by atoms with Crippen molar-refractivity contribution in [2.24, 2.45) is 5.10 Å². The Bertz CT molecular complexity index is 1090. The fourth-order valence-electron chi connectivity index (χ4n) is 2.64. The van der Waals surface area contributed by atoms with Crippen molar-refractivity contribution in [2.75, 3.05) is 0 Å². The molecule has 0 aliphatic carbocycles. The summed E-state index contributed by atoms with van der Waals surface area (Å²) in [6.07, 6.45) is 1.23. The van der Waals surface area contributed by atoms with E-state index in [1.807, 2.05) is 30.3 Å². The minimum Gasteiger partial charge on any atom is -0.455 e. The molecule has 0 saturated carbocycles. The third kappa shape index (κ3) is 5.16. The number of non-ortho nitro benzene ring substituents is 1. The van der Waals surface area contributed by atoms with Gasteiger partial charge in [0, 0.05) is 17.7 Å². The third-order valence-corrected chi connectivity index (χ3v) is 4.18. The molecule has 30 heavy (non-hydrogen) atoms. The lowest BCUT2D eigenvalue weighted by Gasteiger charge is -2.13. The molecule has 0 spiro atoms. The second kappa shape index (κ2) is 9.28. The van der Waals surface area contributed by atoms with Crippen LogP contribution in [0, 0.1) is 10.1 Å². The molecular weight excluding hydrogens is 388 g/mol. The zero-order chi connectivity index (χ0) is 21.5. The summed E-state index contributed by atoms with van der Waals surface area (Å²) >= 11 is 0. The molecule has 2 aromatic carbocycles. The Morgan fingerprint density at radius 3 is 2.57 bits per heavy atom. The van der Waals surface area contributed by atoms with Crippen LogP contribution in [0.5, 0.6) is 0 Å². The number of nitro groups is 1. The molecule has 1 heterocycles. The number of hydrogen-bond acceptors (Lipinski definition) is 6. The van der Waals surface area contributed by atoms with E-state index in [1.54, 1.807) is 31.2 Å². The van der Waals surface area contributed by atoms with Gasteiger partial charge in [-0.05, 0) is 24.6 Å². The molecular formula is C21H18N4O5. The third-order valence-electron chi connectivity index (χ3n) is 4.18. The fraction of sp³-hybridized carbons (Fsp3) is 0.0952. The molecule has 2 N–H and O–H groups in total. The van der Waals surface area contributed by atoms with Crippen LogP contribution in [0.3, 0.4) is 0 Å². The van der Waals surface area contributed by atoms with Gasteiger partial charge in [-0.15, -0.1) is 0 Å². The number of hydrazone groups is 1. The Hall–Kier alpha value is -4.27. The number of nitro benzene ring substituents is 1. The molecule has 9 heteroatoms. The highest BCUT2D eigenvalue weighted by molar-refractivity contribution is 6.35. The van der Waals surface area contributed by atoms with Crippen molar-refractivity contribution in [1.82, 2.24) is 10.7 Å². The molecule has 1 atom stereocenters. The van der Waals surface area contributed by atoms with Crippen molar-refractivity contribution in [1.29, 1.82) is 0 Å². The number of carbonyl (C=O) groups is 2. The van der Waals surface area contributed by atoms with Crippen molar-refractivity contribution in [2.45, 2.75) is 13.0 Å². The molecule has 0 aliphatic heterocycles. The Morgan fingerprint density at radius 1 is 1.07 bits per heavy atom. The van der Waals surface area contributed by atoms with Crippen molar-refractivity contribution in [3.63, 3.8) is 0 Å². The van der Waals surface area contributed by atoms with Gasteiger partial charge in [0.2, 0.25) is 0 Å². The summed E-state index contributed by atoms with van der Waals surface area (Å²) in [5.41, 5.74) is 3.47. The van der Waals surface area contributed by atoms with Crippen LogP contribution in [0.4, 0.5) is 5.69 Å². The van der Waals surface area contributed by atoms with E-state index in [4.69, 9.17) is 4.42 Å². The van der Waals surface area contributed by atoms with Crippen LogP contribution < -0.4 is 10.7 Å². The summed E-state index contributed by atoms with van der Waals surface area (Å²) in [7, 11) is 0. The zero-order valence-corrected chi connectivity index (χ0v) is 15.9. The van der Waals surface area contributed by atoms with Gasteiger partial charge in [-0.1, -0.05) is 42.5 Å². The molecule has 0 saturated heterocycles. The molecule has 0 fully saturated rings. The first-order valence-electron chi connectivity index (χ1n) is 8.97. The average molecular weight is 406 g/mol. The van der Waals surface area contributed by atoms with Crippen molar-refractivity contribution < 1.29 is 18.9 Å². The number of amides is 2. The van der Waals surface area contributed by atoms with Crippen LogP contribution in [0.15, 0.2) is 76.2 Å². The smallest absolute Gasteiger partial charge is 0.329 e. The second-order valence-electron chi connectivity index (χ2n) is 6.31. The molecule has 3 rings (SSSR count). The Balaban J connectivity index is 1.56. The van der Waals surface area contributed by atoms with Crippen LogP contribution in [-0.4, -0.2) is 23.0 Å². The molecule has 9 nitrogen and oxygen atoms in total. The SMILES string of the molecule is C[C@@H](NC(=O)C(=O)N/N=C/c1ccc(-c2cccc([N+](=O)[O-])c2)o1)c1ccccc1. The lowest BCUT2D eigenvalue weighted by atomic mass is 10.1. The topological polar surface area (TPSA) is 127 Å². The van der Waals surface area contributed by atoms with Gasteiger partial charge in [0.1, 0.15) is 11.5 Å². The second-order valence-corrected chi connectivity index (χ2v) is 6.31. The fourth-order valence-corrected chi connectivity index (χ4v) is 2.64. The van der Waals surface area contributed by atoms with E-state index >= 15 is 0 Å². The van der Waals surface area contributed by atoms with E-state index in [0.717, 1.165) is 5.56 Å². The van der Waals surface area contributed by atoms with Crippen LogP contribution in [0.1, 0.15) is 24.3 Å². The first kappa shape index (κ1) is 20.5. The van der Waals surface area contributed by atoms with Gasteiger partial charge in [-0.25, -0.2) is 5.43 Å². The number of carbonyl (C=O) groups excluding carboxylic acids is 2. The summed E-state index contributed by atoms with van der Waals surface area (Å²) in [5, 5.41) is 17.2. The van der Waals surface area contributed by atoms with E-state index in [1.165, 1.54) is 18.3 Å². The average Bonchev–Trinajstić information content (AvgIpc) is 3.23. The van der Waals surface area contributed by atoms with Crippen LogP contribution in [-0.2, 0) is 9.59 Å². The summed E-state index contributed by atoms with van der Waals surface area (Å²) in [6.45, 7) is 1.77. The van der Waals surface area contributed by atoms with Crippen molar-refractivity contribution in [3.05, 3.63) is 88.2 Å². The van der Waals surface area contributed by atoms with E-state index in [9.17, 15) is 19.7 Å². The molecule has 2 amide bonds. The number of nitrogens with zero attached hydrogens (tertiary/aromatic N) is 2. The summed E-state index contributed by atoms with van der Waals surface area (Å²) < 4.78 is 5.55. The molecule has 0 radical (unpaired) electrons. The van der Waals surface area contributed by atoms with Crippen LogP contribution in [0.2, 0.25) is 0 Å². The predicted octanol–water partition coefficient (Wildman–Crippen LogP) is 3.18. The first-order valence-corrected chi connectivity index (χ1v) is 8.97. The molecule has 0 aliphatic rings. The quantitative estimate of drug-likeness (QED) is 0.281. The number of rotatable bonds is 6. The van der Waals surface area contributed by atoms with Gasteiger partial charge in [0.25, 0.3) is 5.69 Å². The Labute approximate surface area is 171 Å². The first-order chi connectivity index (χ1) is 14.4. The highest BCUT2D eigenvalue weighted by Gasteiger charge is 2.16.